The van der Waals surface area contributed by atoms with Gasteiger partial charge in [-0.25, -0.2) is 0 Å². The molecule has 1 rings (SSSR count). The van der Waals surface area contributed by atoms with E-state index in [0.717, 1.165) is 5.56 Å². The minimum Gasteiger partial charge on any atom is -0.370 e. The average molecular weight is 256 g/mol. The zero-order valence-corrected chi connectivity index (χ0v) is 11.2. The molecule has 0 amide bonds. The summed E-state index contributed by atoms with van der Waals surface area (Å²) in [6, 6.07) is 1.77. The normalized spacial score (nSPS) is 12.8. The molecule has 1 unspecified atom stereocenters. The van der Waals surface area contributed by atoms with Gasteiger partial charge >= 0.3 is 0 Å². The smallest absolute Gasteiger partial charge is 0.166 e. The van der Waals surface area contributed by atoms with E-state index in [1.165, 1.54) is 0 Å². The van der Waals surface area contributed by atoms with Crippen molar-refractivity contribution in [1.82, 2.24) is 4.98 Å². The van der Waals surface area contributed by atoms with Gasteiger partial charge in [-0.2, -0.15) is 0 Å². The van der Waals surface area contributed by atoms with Gasteiger partial charge in [-0.15, -0.1) is 0 Å². The molecule has 0 N–H and O–H groups in total. The number of aromatic nitrogens is 1. The van der Waals surface area contributed by atoms with Crippen molar-refractivity contribution in [3.05, 3.63) is 29.0 Å². The van der Waals surface area contributed by atoms with Crippen molar-refractivity contribution >= 4 is 17.4 Å². The fourth-order valence-corrected chi connectivity index (χ4v) is 1.86. The standard InChI is InChI=1S/C13H18ClNO2/c1-4-17-13(9(2)3)12(16)7-10-5-6-15-8-11(10)14/h5-6,8-9,13H,4,7H2,1-3H3. The molecule has 1 heterocycles. The van der Waals surface area contributed by atoms with Gasteiger partial charge in [0.25, 0.3) is 0 Å². The Morgan fingerprint density at radius 1 is 1.53 bits per heavy atom. The molecule has 3 nitrogen and oxygen atoms in total. The third-order valence-electron chi connectivity index (χ3n) is 2.49. The summed E-state index contributed by atoms with van der Waals surface area (Å²) in [5.74, 6) is 0.234. The molecule has 4 heteroatoms. The maximum atomic E-state index is 12.1. The lowest BCUT2D eigenvalue weighted by Gasteiger charge is -2.19. The molecule has 94 valence electrons. The van der Waals surface area contributed by atoms with Crippen LogP contribution in [0.3, 0.4) is 0 Å². The summed E-state index contributed by atoms with van der Waals surface area (Å²) in [5.41, 5.74) is 0.803. The van der Waals surface area contributed by atoms with Crippen LogP contribution in [-0.2, 0) is 16.0 Å². The molecule has 0 fully saturated rings. The minimum absolute atomic E-state index is 0.0648. The highest BCUT2D eigenvalue weighted by atomic mass is 35.5. The van der Waals surface area contributed by atoms with E-state index < -0.39 is 0 Å². The third kappa shape index (κ3) is 4.10. The molecule has 17 heavy (non-hydrogen) atoms. The number of rotatable bonds is 6. The molecule has 1 aromatic rings. The number of carbonyl (C=O) groups is 1. The first-order chi connectivity index (χ1) is 8.06. The van der Waals surface area contributed by atoms with Gasteiger partial charge in [-0.3, -0.25) is 9.78 Å². The first-order valence-electron chi connectivity index (χ1n) is 5.79. The summed E-state index contributed by atoms with van der Waals surface area (Å²) in [7, 11) is 0. The van der Waals surface area contributed by atoms with Gasteiger partial charge in [0.1, 0.15) is 6.10 Å². The van der Waals surface area contributed by atoms with Crippen molar-refractivity contribution in [3.8, 4) is 0 Å². The Hall–Kier alpha value is -0.930. The summed E-state index contributed by atoms with van der Waals surface area (Å²) in [6.07, 6.45) is 3.13. The van der Waals surface area contributed by atoms with E-state index in [0.29, 0.717) is 18.1 Å². The van der Waals surface area contributed by atoms with E-state index in [-0.39, 0.29) is 17.8 Å². The van der Waals surface area contributed by atoms with Crippen molar-refractivity contribution in [3.63, 3.8) is 0 Å². The molecular formula is C13H18ClNO2. The van der Waals surface area contributed by atoms with Crippen molar-refractivity contribution in [2.75, 3.05) is 6.61 Å². The van der Waals surface area contributed by atoms with Crippen LogP contribution in [-0.4, -0.2) is 23.5 Å². The van der Waals surface area contributed by atoms with Crippen LogP contribution in [0.4, 0.5) is 0 Å². The Labute approximate surface area is 107 Å². The second-order valence-electron chi connectivity index (χ2n) is 4.23. The van der Waals surface area contributed by atoms with Crippen molar-refractivity contribution in [2.45, 2.75) is 33.3 Å². The SMILES string of the molecule is CCOC(C(=O)Cc1ccncc1Cl)C(C)C. The predicted octanol–water partition coefficient (Wildman–Crippen LogP) is 2.91. The summed E-state index contributed by atoms with van der Waals surface area (Å²) in [6.45, 7) is 6.39. The van der Waals surface area contributed by atoms with Crippen LogP contribution in [0.1, 0.15) is 26.3 Å². The summed E-state index contributed by atoms with van der Waals surface area (Å²) < 4.78 is 5.47. The highest BCUT2D eigenvalue weighted by molar-refractivity contribution is 6.31. The van der Waals surface area contributed by atoms with Gasteiger partial charge in [0.15, 0.2) is 5.78 Å². The van der Waals surface area contributed by atoms with Crippen LogP contribution in [0, 0.1) is 5.92 Å². The first kappa shape index (κ1) is 14.1. The molecule has 1 aromatic heterocycles. The highest BCUT2D eigenvalue weighted by Crippen LogP contribution is 2.17. The van der Waals surface area contributed by atoms with Crippen molar-refractivity contribution in [1.29, 1.82) is 0 Å². The molecular weight excluding hydrogens is 238 g/mol. The molecule has 0 radical (unpaired) electrons. The van der Waals surface area contributed by atoms with E-state index in [1.54, 1.807) is 18.5 Å². The van der Waals surface area contributed by atoms with E-state index in [2.05, 4.69) is 4.98 Å². The van der Waals surface area contributed by atoms with Crippen LogP contribution in [0.2, 0.25) is 5.02 Å². The lowest BCUT2D eigenvalue weighted by Crippen LogP contribution is -2.31. The van der Waals surface area contributed by atoms with Crippen molar-refractivity contribution in [2.24, 2.45) is 5.92 Å². The zero-order valence-electron chi connectivity index (χ0n) is 10.4. The lowest BCUT2D eigenvalue weighted by atomic mass is 9.98. The van der Waals surface area contributed by atoms with Gasteiger partial charge in [-0.1, -0.05) is 25.4 Å². The number of ether oxygens (including phenoxy) is 1. The Morgan fingerprint density at radius 3 is 2.76 bits per heavy atom. The van der Waals surface area contributed by atoms with E-state index in [9.17, 15) is 4.79 Å². The van der Waals surface area contributed by atoms with Gasteiger partial charge in [0.05, 0.1) is 5.02 Å². The number of carbonyl (C=O) groups excluding carboxylic acids is 1. The molecule has 0 aliphatic heterocycles. The van der Waals surface area contributed by atoms with Crippen LogP contribution in [0.25, 0.3) is 0 Å². The molecule has 0 bridgehead atoms. The fraction of sp³-hybridized carbons (Fsp3) is 0.538. The fourth-order valence-electron chi connectivity index (χ4n) is 1.67. The Morgan fingerprint density at radius 2 is 2.24 bits per heavy atom. The first-order valence-corrected chi connectivity index (χ1v) is 6.16. The summed E-state index contributed by atoms with van der Waals surface area (Å²) >= 11 is 5.97. The maximum absolute atomic E-state index is 12.1. The average Bonchev–Trinajstić information content (AvgIpc) is 2.28. The zero-order chi connectivity index (χ0) is 12.8. The van der Waals surface area contributed by atoms with E-state index in [1.807, 2.05) is 20.8 Å². The molecule has 0 spiro atoms. The van der Waals surface area contributed by atoms with Crippen LogP contribution < -0.4 is 0 Å². The number of hydrogen-bond donors (Lipinski definition) is 0. The van der Waals surface area contributed by atoms with Crippen LogP contribution in [0.5, 0.6) is 0 Å². The topological polar surface area (TPSA) is 39.2 Å². The molecule has 0 aromatic carbocycles. The minimum atomic E-state index is -0.357. The largest absolute Gasteiger partial charge is 0.370 e. The highest BCUT2D eigenvalue weighted by Gasteiger charge is 2.22. The number of ketones is 1. The number of halogens is 1. The molecule has 0 saturated carbocycles. The second kappa shape index (κ2) is 6.72. The third-order valence-corrected chi connectivity index (χ3v) is 2.83. The lowest BCUT2D eigenvalue weighted by molar-refractivity contribution is -0.132. The predicted molar refractivity (Wildman–Crippen MR) is 68.2 cm³/mol. The maximum Gasteiger partial charge on any atom is 0.166 e. The van der Waals surface area contributed by atoms with Crippen molar-refractivity contribution < 1.29 is 9.53 Å². The van der Waals surface area contributed by atoms with E-state index in [4.69, 9.17) is 16.3 Å². The van der Waals surface area contributed by atoms with Gasteiger partial charge < -0.3 is 4.74 Å². The van der Waals surface area contributed by atoms with Crippen LogP contribution >= 0.6 is 11.6 Å². The number of pyridine rings is 1. The van der Waals surface area contributed by atoms with Gasteiger partial charge in [0.2, 0.25) is 0 Å². The van der Waals surface area contributed by atoms with Gasteiger partial charge in [0, 0.05) is 25.4 Å². The Balaban J connectivity index is 2.73. The van der Waals surface area contributed by atoms with Crippen LogP contribution in [0.15, 0.2) is 18.5 Å². The monoisotopic (exact) mass is 255 g/mol. The molecule has 0 aliphatic carbocycles. The van der Waals surface area contributed by atoms with E-state index >= 15 is 0 Å². The second-order valence-corrected chi connectivity index (χ2v) is 4.64. The summed E-state index contributed by atoms with van der Waals surface area (Å²) in [4.78, 5) is 16.0. The van der Waals surface area contributed by atoms with Gasteiger partial charge in [-0.05, 0) is 24.5 Å². The summed E-state index contributed by atoms with van der Waals surface area (Å²) in [5, 5.41) is 0.528. The number of nitrogens with zero attached hydrogens (tertiary/aromatic N) is 1. The number of hydrogen-bond acceptors (Lipinski definition) is 3. The molecule has 0 aliphatic rings. The molecule has 1 atom stereocenters. The number of Topliss-reactive ketones (excluding diaryl/α,β-unsaturated/α-hetero) is 1. The quantitative estimate of drug-likeness (QED) is 0.785. The Kier molecular flexibility index (Phi) is 5.59. The molecule has 0 saturated heterocycles. The Bertz CT molecular complexity index is 379.